The summed E-state index contributed by atoms with van der Waals surface area (Å²) < 4.78 is 9.32. The standard InChI is InChI=1S/C13H23NO6/c1-4-11(17)19-7-20-13(18)12(14)9(5-8(2)3)6-10(15)16/h8-9,12H,4-7,14H2,1-3H3,(H,15,16). The lowest BCUT2D eigenvalue weighted by atomic mass is 9.88. The summed E-state index contributed by atoms with van der Waals surface area (Å²) in [6.07, 6.45) is 0.471. The molecule has 7 nitrogen and oxygen atoms in total. The van der Waals surface area contributed by atoms with Crippen molar-refractivity contribution in [2.45, 2.75) is 46.1 Å². The quantitative estimate of drug-likeness (QED) is 0.478. The molecule has 116 valence electrons. The minimum Gasteiger partial charge on any atom is -0.481 e. The van der Waals surface area contributed by atoms with Crippen LogP contribution in [0.25, 0.3) is 0 Å². The highest BCUT2D eigenvalue weighted by atomic mass is 16.7. The van der Waals surface area contributed by atoms with E-state index in [-0.39, 0.29) is 18.8 Å². The molecule has 0 saturated carbocycles. The summed E-state index contributed by atoms with van der Waals surface area (Å²) in [6, 6.07) is -1.05. The normalized spacial score (nSPS) is 13.7. The number of carbonyl (C=O) groups is 3. The summed E-state index contributed by atoms with van der Waals surface area (Å²) in [4.78, 5) is 33.3. The Balaban J connectivity index is 4.39. The highest BCUT2D eigenvalue weighted by Crippen LogP contribution is 2.19. The molecular weight excluding hydrogens is 266 g/mol. The van der Waals surface area contributed by atoms with Crippen LogP contribution in [-0.2, 0) is 23.9 Å². The molecule has 20 heavy (non-hydrogen) atoms. The summed E-state index contributed by atoms with van der Waals surface area (Å²) in [5.74, 6) is -2.58. The van der Waals surface area contributed by atoms with Crippen molar-refractivity contribution in [1.82, 2.24) is 0 Å². The van der Waals surface area contributed by atoms with Gasteiger partial charge in [-0.1, -0.05) is 20.8 Å². The van der Waals surface area contributed by atoms with E-state index in [1.165, 1.54) is 0 Å². The Hall–Kier alpha value is -1.63. The Labute approximate surface area is 118 Å². The van der Waals surface area contributed by atoms with Crippen LogP contribution in [0.15, 0.2) is 0 Å². The number of carbonyl (C=O) groups excluding carboxylic acids is 2. The second-order valence-corrected chi connectivity index (χ2v) is 4.96. The van der Waals surface area contributed by atoms with Gasteiger partial charge in [0.1, 0.15) is 6.04 Å². The van der Waals surface area contributed by atoms with Crippen molar-refractivity contribution in [3.8, 4) is 0 Å². The summed E-state index contributed by atoms with van der Waals surface area (Å²) in [6.45, 7) is 4.94. The fourth-order valence-electron chi connectivity index (χ4n) is 1.73. The zero-order valence-corrected chi connectivity index (χ0v) is 12.1. The van der Waals surface area contributed by atoms with E-state index in [9.17, 15) is 14.4 Å². The highest BCUT2D eigenvalue weighted by Gasteiger charge is 2.28. The molecule has 3 N–H and O–H groups in total. The Bertz CT molecular complexity index is 342. The molecule has 0 spiro atoms. The van der Waals surface area contributed by atoms with Gasteiger partial charge in [-0.3, -0.25) is 14.4 Å². The summed E-state index contributed by atoms with van der Waals surface area (Å²) in [5, 5.41) is 8.83. The number of hydrogen-bond acceptors (Lipinski definition) is 6. The fourth-order valence-corrected chi connectivity index (χ4v) is 1.73. The summed E-state index contributed by atoms with van der Waals surface area (Å²) in [7, 11) is 0. The van der Waals surface area contributed by atoms with E-state index in [0.29, 0.717) is 6.42 Å². The number of esters is 2. The third kappa shape index (κ3) is 7.73. The Morgan fingerprint density at radius 2 is 1.80 bits per heavy atom. The van der Waals surface area contributed by atoms with E-state index in [1.54, 1.807) is 6.92 Å². The first-order valence-corrected chi connectivity index (χ1v) is 6.57. The lowest BCUT2D eigenvalue weighted by molar-refractivity contribution is -0.168. The van der Waals surface area contributed by atoms with Crippen molar-refractivity contribution in [2.24, 2.45) is 17.6 Å². The first kappa shape index (κ1) is 18.4. The summed E-state index contributed by atoms with van der Waals surface area (Å²) in [5.41, 5.74) is 5.73. The molecule has 0 fully saturated rings. The van der Waals surface area contributed by atoms with Crippen LogP contribution < -0.4 is 5.73 Å². The molecule has 0 saturated heterocycles. The molecule has 0 heterocycles. The van der Waals surface area contributed by atoms with E-state index in [4.69, 9.17) is 15.6 Å². The SMILES string of the molecule is CCC(=O)OCOC(=O)C(N)C(CC(=O)O)CC(C)C. The maximum atomic E-state index is 11.7. The van der Waals surface area contributed by atoms with Gasteiger partial charge >= 0.3 is 17.9 Å². The molecule has 0 rings (SSSR count). The number of ether oxygens (including phenoxy) is 2. The minimum atomic E-state index is -1.05. The molecule has 0 aliphatic carbocycles. The second kappa shape index (κ2) is 9.30. The van der Waals surface area contributed by atoms with Crippen LogP contribution in [0.3, 0.4) is 0 Å². The average molecular weight is 289 g/mol. The first-order chi connectivity index (χ1) is 9.27. The maximum absolute atomic E-state index is 11.7. The first-order valence-electron chi connectivity index (χ1n) is 6.57. The van der Waals surface area contributed by atoms with Crippen LogP contribution in [0.4, 0.5) is 0 Å². The Morgan fingerprint density at radius 3 is 2.25 bits per heavy atom. The number of carboxylic acid groups (broad SMARTS) is 1. The van der Waals surface area contributed by atoms with Crippen molar-refractivity contribution in [3.05, 3.63) is 0 Å². The van der Waals surface area contributed by atoms with E-state index in [1.807, 2.05) is 13.8 Å². The molecule has 2 unspecified atom stereocenters. The molecule has 7 heteroatoms. The number of nitrogens with two attached hydrogens (primary N) is 1. The van der Waals surface area contributed by atoms with Crippen LogP contribution in [0.2, 0.25) is 0 Å². The van der Waals surface area contributed by atoms with Crippen molar-refractivity contribution >= 4 is 17.9 Å². The molecule has 0 aromatic rings. The van der Waals surface area contributed by atoms with Crippen LogP contribution in [0, 0.1) is 11.8 Å². The van der Waals surface area contributed by atoms with Gasteiger partial charge in [-0.15, -0.1) is 0 Å². The predicted octanol–water partition coefficient (Wildman–Crippen LogP) is 0.905. The molecule has 0 aromatic heterocycles. The van der Waals surface area contributed by atoms with Crippen LogP contribution in [0.5, 0.6) is 0 Å². The van der Waals surface area contributed by atoms with Gasteiger partial charge in [0.05, 0.1) is 6.42 Å². The molecular formula is C13H23NO6. The fraction of sp³-hybridized carbons (Fsp3) is 0.769. The predicted molar refractivity (Wildman–Crippen MR) is 70.5 cm³/mol. The molecule has 0 bridgehead atoms. The Morgan fingerprint density at radius 1 is 1.20 bits per heavy atom. The van der Waals surface area contributed by atoms with Gasteiger partial charge in [-0.25, -0.2) is 0 Å². The maximum Gasteiger partial charge on any atom is 0.326 e. The molecule has 0 radical (unpaired) electrons. The van der Waals surface area contributed by atoms with Crippen LogP contribution >= 0.6 is 0 Å². The van der Waals surface area contributed by atoms with Crippen molar-refractivity contribution in [3.63, 3.8) is 0 Å². The number of aliphatic carboxylic acids is 1. The molecule has 0 aliphatic rings. The van der Waals surface area contributed by atoms with Crippen LogP contribution in [-0.4, -0.2) is 35.8 Å². The zero-order valence-electron chi connectivity index (χ0n) is 12.1. The van der Waals surface area contributed by atoms with Gasteiger partial charge in [-0.05, 0) is 18.3 Å². The zero-order chi connectivity index (χ0) is 15.7. The lowest BCUT2D eigenvalue weighted by Crippen LogP contribution is -2.41. The third-order valence-corrected chi connectivity index (χ3v) is 2.70. The van der Waals surface area contributed by atoms with Gasteiger partial charge in [-0.2, -0.15) is 0 Å². The molecule has 0 amide bonds. The van der Waals surface area contributed by atoms with E-state index in [0.717, 1.165) is 0 Å². The number of hydrogen-bond donors (Lipinski definition) is 2. The van der Waals surface area contributed by atoms with Gasteiger partial charge < -0.3 is 20.3 Å². The van der Waals surface area contributed by atoms with Gasteiger partial charge in [0.15, 0.2) is 0 Å². The van der Waals surface area contributed by atoms with Crippen LogP contribution in [0.1, 0.15) is 40.0 Å². The van der Waals surface area contributed by atoms with Crippen molar-refractivity contribution < 1.29 is 29.0 Å². The third-order valence-electron chi connectivity index (χ3n) is 2.70. The molecule has 0 aromatic carbocycles. The summed E-state index contributed by atoms with van der Waals surface area (Å²) >= 11 is 0. The molecule has 2 atom stereocenters. The highest BCUT2D eigenvalue weighted by molar-refractivity contribution is 5.77. The second-order valence-electron chi connectivity index (χ2n) is 4.96. The topological polar surface area (TPSA) is 116 Å². The Kier molecular flexibility index (Phi) is 8.54. The smallest absolute Gasteiger partial charge is 0.326 e. The van der Waals surface area contributed by atoms with Crippen molar-refractivity contribution in [1.29, 1.82) is 0 Å². The number of carboxylic acids is 1. The van der Waals surface area contributed by atoms with E-state index in [2.05, 4.69) is 4.74 Å². The van der Waals surface area contributed by atoms with Crippen molar-refractivity contribution in [2.75, 3.05) is 6.79 Å². The average Bonchev–Trinajstić information content (AvgIpc) is 2.35. The van der Waals surface area contributed by atoms with Gasteiger partial charge in [0.25, 0.3) is 0 Å². The van der Waals surface area contributed by atoms with Gasteiger partial charge in [0, 0.05) is 6.42 Å². The van der Waals surface area contributed by atoms with E-state index >= 15 is 0 Å². The van der Waals surface area contributed by atoms with Gasteiger partial charge in [0.2, 0.25) is 6.79 Å². The monoisotopic (exact) mass is 289 g/mol. The number of rotatable bonds is 9. The lowest BCUT2D eigenvalue weighted by Gasteiger charge is -2.22. The van der Waals surface area contributed by atoms with E-state index < -0.39 is 36.7 Å². The molecule has 0 aliphatic heterocycles. The minimum absolute atomic E-state index is 0.179. The largest absolute Gasteiger partial charge is 0.481 e.